The van der Waals surface area contributed by atoms with Gasteiger partial charge in [-0.1, -0.05) is 39.0 Å². The molecule has 0 aliphatic heterocycles. The molecular formula is C16H21NO3S2. The minimum Gasteiger partial charge on any atom is -0.492 e. The first-order valence-corrected chi connectivity index (χ1v) is 9.42. The Balaban J connectivity index is 1.87. The zero-order chi connectivity index (χ0) is 16.2. The van der Waals surface area contributed by atoms with E-state index in [1.54, 1.807) is 17.5 Å². The minimum atomic E-state index is -3.41. The van der Waals surface area contributed by atoms with Gasteiger partial charge in [-0.25, -0.2) is 13.1 Å². The summed E-state index contributed by atoms with van der Waals surface area (Å²) in [5, 5.41) is 1.74. The highest BCUT2D eigenvalue weighted by atomic mass is 32.2. The van der Waals surface area contributed by atoms with Crippen molar-refractivity contribution in [3.63, 3.8) is 0 Å². The van der Waals surface area contributed by atoms with Gasteiger partial charge >= 0.3 is 0 Å². The Morgan fingerprint density at radius 1 is 1.18 bits per heavy atom. The topological polar surface area (TPSA) is 55.4 Å². The lowest BCUT2D eigenvalue weighted by Gasteiger charge is -2.19. The van der Waals surface area contributed by atoms with Crippen LogP contribution in [0, 0.1) is 0 Å². The first-order chi connectivity index (χ1) is 10.3. The summed E-state index contributed by atoms with van der Waals surface area (Å²) in [6, 6.07) is 11.2. The van der Waals surface area contributed by atoms with Crippen LogP contribution < -0.4 is 9.46 Å². The van der Waals surface area contributed by atoms with Crippen molar-refractivity contribution in [1.82, 2.24) is 4.72 Å². The number of thiophene rings is 1. The molecule has 0 saturated heterocycles. The maximum atomic E-state index is 11.9. The molecule has 22 heavy (non-hydrogen) atoms. The van der Waals surface area contributed by atoms with Crippen LogP contribution in [0.25, 0.3) is 0 Å². The second-order valence-corrected chi connectivity index (χ2v) is 8.90. The predicted octanol–water partition coefficient (Wildman–Crippen LogP) is 3.40. The van der Waals surface area contributed by atoms with Crippen LogP contribution in [0.4, 0.5) is 0 Å². The number of sulfonamides is 1. The van der Waals surface area contributed by atoms with Gasteiger partial charge < -0.3 is 4.74 Å². The second kappa shape index (κ2) is 6.81. The molecule has 0 bridgehead atoms. The molecule has 1 heterocycles. The fourth-order valence-electron chi connectivity index (χ4n) is 1.88. The third-order valence-electron chi connectivity index (χ3n) is 3.12. The fraction of sp³-hybridized carbons (Fsp3) is 0.375. The van der Waals surface area contributed by atoms with Crippen molar-refractivity contribution in [3.05, 3.63) is 47.3 Å². The number of ether oxygens (including phenoxy) is 1. The molecule has 2 aromatic rings. The van der Waals surface area contributed by atoms with E-state index in [4.69, 9.17) is 4.74 Å². The Morgan fingerprint density at radius 2 is 1.95 bits per heavy atom. The van der Waals surface area contributed by atoms with Crippen molar-refractivity contribution < 1.29 is 13.2 Å². The Labute approximate surface area is 136 Å². The highest BCUT2D eigenvalue weighted by molar-refractivity contribution is 7.91. The van der Waals surface area contributed by atoms with Gasteiger partial charge in [-0.05, 0) is 34.6 Å². The van der Waals surface area contributed by atoms with Crippen molar-refractivity contribution in [2.24, 2.45) is 0 Å². The molecule has 2 rings (SSSR count). The molecule has 0 atom stereocenters. The molecule has 0 aliphatic carbocycles. The summed E-state index contributed by atoms with van der Waals surface area (Å²) in [5.41, 5.74) is 1.24. The number of hydrogen-bond acceptors (Lipinski definition) is 4. The molecule has 0 unspecified atom stereocenters. The molecule has 120 valence electrons. The van der Waals surface area contributed by atoms with Crippen molar-refractivity contribution in [2.75, 3.05) is 13.2 Å². The van der Waals surface area contributed by atoms with E-state index >= 15 is 0 Å². The first-order valence-electron chi connectivity index (χ1n) is 7.05. The van der Waals surface area contributed by atoms with E-state index in [2.05, 4.69) is 31.6 Å². The molecule has 1 aromatic heterocycles. The quantitative estimate of drug-likeness (QED) is 0.821. The summed E-state index contributed by atoms with van der Waals surface area (Å²) >= 11 is 1.20. The van der Waals surface area contributed by atoms with Gasteiger partial charge in [-0.3, -0.25) is 0 Å². The van der Waals surface area contributed by atoms with Gasteiger partial charge in [0.25, 0.3) is 0 Å². The molecule has 6 heteroatoms. The number of hydrogen-bond donors (Lipinski definition) is 1. The Bertz CT molecular complexity index is 701. The number of benzene rings is 1. The zero-order valence-electron chi connectivity index (χ0n) is 13.0. The molecular weight excluding hydrogens is 318 g/mol. The average molecular weight is 339 g/mol. The second-order valence-electron chi connectivity index (χ2n) is 5.96. The van der Waals surface area contributed by atoms with Crippen LogP contribution in [0.2, 0.25) is 0 Å². The lowest BCUT2D eigenvalue weighted by atomic mass is 9.87. The van der Waals surface area contributed by atoms with E-state index in [0.717, 1.165) is 5.75 Å². The fourth-order valence-corrected chi connectivity index (χ4v) is 3.94. The van der Waals surface area contributed by atoms with Gasteiger partial charge in [0.1, 0.15) is 16.6 Å². The zero-order valence-corrected chi connectivity index (χ0v) is 14.6. The predicted molar refractivity (Wildman–Crippen MR) is 90.1 cm³/mol. The molecule has 0 radical (unpaired) electrons. The van der Waals surface area contributed by atoms with Crippen molar-refractivity contribution >= 4 is 21.4 Å². The monoisotopic (exact) mass is 339 g/mol. The van der Waals surface area contributed by atoms with Crippen LogP contribution in [0.1, 0.15) is 26.3 Å². The highest BCUT2D eigenvalue weighted by Gasteiger charge is 2.15. The lowest BCUT2D eigenvalue weighted by Crippen LogP contribution is -2.27. The van der Waals surface area contributed by atoms with Crippen molar-refractivity contribution in [2.45, 2.75) is 30.4 Å². The van der Waals surface area contributed by atoms with E-state index in [1.165, 1.54) is 16.9 Å². The lowest BCUT2D eigenvalue weighted by molar-refractivity contribution is 0.322. The maximum absolute atomic E-state index is 11.9. The third kappa shape index (κ3) is 4.56. The van der Waals surface area contributed by atoms with Crippen LogP contribution in [0.5, 0.6) is 5.75 Å². The normalized spacial score (nSPS) is 12.3. The molecule has 1 aromatic carbocycles. The third-order valence-corrected chi connectivity index (χ3v) is 5.98. The van der Waals surface area contributed by atoms with Gasteiger partial charge in [0.05, 0.1) is 0 Å². The number of nitrogens with one attached hydrogen (secondary N) is 1. The minimum absolute atomic E-state index is 0.0557. The van der Waals surface area contributed by atoms with Crippen LogP contribution in [-0.2, 0) is 15.4 Å². The molecule has 0 saturated carbocycles. The molecule has 0 fully saturated rings. The van der Waals surface area contributed by atoms with Gasteiger partial charge in [-0.15, -0.1) is 11.3 Å². The molecule has 0 spiro atoms. The van der Waals surface area contributed by atoms with E-state index in [1.807, 2.05) is 18.2 Å². The smallest absolute Gasteiger partial charge is 0.250 e. The SMILES string of the molecule is CC(C)(C)c1cccc(OCCNS(=O)(=O)c2cccs2)c1. The summed E-state index contributed by atoms with van der Waals surface area (Å²) in [4.78, 5) is 0. The molecule has 1 N–H and O–H groups in total. The average Bonchev–Trinajstić information content (AvgIpc) is 2.98. The first kappa shape index (κ1) is 17.0. The Hall–Kier alpha value is -1.37. The van der Waals surface area contributed by atoms with Crippen LogP contribution in [0.15, 0.2) is 46.0 Å². The summed E-state index contributed by atoms with van der Waals surface area (Å²) in [6.45, 7) is 6.95. The summed E-state index contributed by atoms with van der Waals surface area (Å²) in [6.07, 6.45) is 0. The van der Waals surface area contributed by atoms with Crippen molar-refractivity contribution in [3.8, 4) is 5.75 Å². The summed E-state index contributed by atoms with van der Waals surface area (Å²) in [5.74, 6) is 0.753. The van der Waals surface area contributed by atoms with Gasteiger partial charge in [0.15, 0.2) is 0 Å². The Morgan fingerprint density at radius 3 is 2.59 bits per heavy atom. The van der Waals surface area contributed by atoms with Gasteiger partial charge in [0.2, 0.25) is 10.0 Å². The molecule has 0 aliphatic rings. The summed E-state index contributed by atoms with van der Waals surface area (Å²) in [7, 11) is -3.41. The molecule has 0 amide bonds. The van der Waals surface area contributed by atoms with Gasteiger partial charge in [-0.2, -0.15) is 0 Å². The van der Waals surface area contributed by atoms with E-state index in [9.17, 15) is 8.42 Å². The maximum Gasteiger partial charge on any atom is 0.250 e. The van der Waals surface area contributed by atoms with E-state index < -0.39 is 10.0 Å². The molecule has 4 nitrogen and oxygen atoms in total. The van der Waals surface area contributed by atoms with Crippen LogP contribution >= 0.6 is 11.3 Å². The summed E-state index contributed by atoms with van der Waals surface area (Å²) < 4.78 is 32.4. The highest BCUT2D eigenvalue weighted by Crippen LogP contribution is 2.25. The largest absolute Gasteiger partial charge is 0.492 e. The van der Waals surface area contributed by atoms with Crippen molar-refractivity contribution in [1.29, 1.82) is 0 Å². The standard InChI is InChI=1S/C16H21NO3S2/c1-16(2,3)13-6-4-7-14(12-13)20-10-9-17-22(18,19)15-8-5-11-21-15/h4-8,11-12,17H,9-10H2,1-3H3. The van der Waals surface area contributed by atoms with E-state index in [0.29, 0.717) is 4.21 Å². The van der Waals surface area contributed by atoms with Crippen LogP contribution in [0.3, 0.4) is 0 Å². The Kier molecular flexibility index (Phi) is 5.26. The van der Waals surface area contributed by atoms with Gasteiger partial charge in [0, 0.05) is 6.54 Å². The number of rotatable bonds is 6. The van der Waals surface area contributed by atoms with E-state index in [-0.39, 0.29) is 18.6 Å². The van der Waals surface area contributed by atoms with Crippen LogP contribution in [-0.4, -0.2) is 21.6 Å².